The van der Waals surface area contributed by atoms with Crippen molar-refractivity contribution in [3.63, 3.8) is 0 Å². The summed E-state index contributed by atoms with van der Waals surface area (Å²) in [5.41, 5.74) is 5.27. The van der Waals surface area contributed by atoms with Crippen LogP contribution >= 0.6 is 0 Å². The second kappa shape index (κ2) is 6.35. The zero-order valence-corrected chi connectivity index (χ0v) is 13.0. The van der Waals surface area contributed by atoms with Gasteiger partial charge in [0.2, 0.25) is 11.8 Å². The van der Waals surface area contributed by atoms with Gasteiger partial charge in [0.1, 0.15) is 5.82 Å². The second-order valence-electron chi connectivity index (χ2n) is 5.77. The third-order valence-electron chi connectivity index (χ3n) is 4.32. The summed E-state index contributed by atoms with van der Waals surface area (Å²) in [6.07, 6.45) is 5.44. The van der Waals surface area contributed by atoms with Crippen LogP contribution in [0.2, 0.25) is 0 Å². The monoisotopic (exact) mass is 328 g/mol. The first-order valence-electron chi connectivity index (χ1n) is 7.65. The van der Waals surface area contributed by atoms with Crippen LogP contribution in [-0.2, 0) is 21.5 Å². The SMILES string of the molecule is NC(=O)C1(c2cnccn2)CCCN1C(=O)Cc1cccc(F)c1. The Morgan fingerprint density at radius 1 is 1.33 bits per heavy atom. The zero-order chi connectivity index (χ0) is 17.2. The second-order valence-corrected chi connectivity index (χ2v) is 5.77. The Hall–Kier alpha value is -2.83. The van der Waals surface area contributed by atoms with Crippen LogP contribution in [0.1, 0.15) is 24.1 Å². The van der Waals surface area contributed by atoms with Crippen LogP contribution in [0.15, 0.2) is 42.9 Å². The third kappa shape index (κ3) is 2.73. The van der Waals surface area contributed by atoms with Gasteiger partial charge in [0.15, 0.2) is 5.54 Å². The topological polar surface area (TPSA) is 89.2 Å². The van der Waals surface area contributed by atoms with Crippen molar-refractivity contribution < 1.29 is 14.0 Å². The predicted molar refractivity (Wildman–Crippen MR) is 84.0 cm³/mol. The molecule has 7 heteroatoms. The molecule has 1 aromatic carbocycles. The minimum atomic E-state index is -1.29. The molecule has 2 N–H and O–H groups in total. The molecule has 2 heterocycles. The highest BCUT2D eigenvalue weighted by molar-refractivity contribution is 5.92. The van der Waals surface area contributed by atoms with E-state index in [-0.39, 0.29) is 12.3 Å². The summed E-state index contributed by atoms with van der Waals surface area (Å²) in [7, 11) is 0. The van der Waals surface area contributed by atoms with Crippen molar-refractivity contribution in [3.05, 3.63) is 59.9 Å². The fourth-order valence-corrected chi connectivity index (χ4v) is 3.23. The number of hydrogen-bond acceptors (Lipinski definition) is 4. The van der Waals surface area contributed by atoms with E-state index in [9.17, 15) is 14.0 Å². The van der Waals surface area contributed by atoms with Gasteiger partial charge in [-0.1, -0.05) is 12.1 Å². The molecule has 1 aliphatic heterocycles. The summed E-state index contributed by atoms with van der Waals surface area (Å²) in [6.45, 7) is 0.396. The molecule has 1 fully saturated rings. The zero-order valence-electron chi connectivity index (χ0n) is 13.0. The number of aromatic nitrogens is 2. The lowest BCUT2D eigenvalue weighted by molar-refractivity contribution is -0.144. The fraction of sp³-hybridized carbons (Fsp3) is 0.294. The van der Waals surface area contributed by atoms with Crippen LogP contribution in [0.3, 0.4) is 0 Å². The Morgan fingerprint density at radius 2 is 2.17 bits per heavy atom. The summed E-state index contributed by atoms with van der Waals surface area (Å²) in [6, 6.07) is 5.84. The molecule has 2 amide bonds. The Kier molecular flexibility index (Phi) is 4.24. The third-order valence-corrected chi connectivity index (χ3v) is 4.32. The molecule has 1 aromatic heterocycles. The lowest BCUT2D eigenvalue weighted by Gasteiger charge is -2.35. The van der Waals surface area contributed by atoms with Gasteiger partial charge in [-0.15, -0.1) is 0 Å². The first kappa shape index (κ1) is 16.0. The number of benzene rings is 1. The number of nitrogens with two attached hydrogens (primary N) is 1. The largest absolute Gasteiger partial charge is 0.367 e. The number of halogens is 1. The van der Waals surface area contributed by atoms with Crippen LogP contribution in [-0.4, -0.2) is 33.2 Å². The maximum atomic E-state index is 13.3. The van der Waals surface area contributed by atoms with Gasteiger partial charge < -0.3 is 10.6 Å². The molecule has 124 valence electrons. The van der Waals surface area contributed by atoms with Gasteiger partial charge in [-0.2, -0.15) is 0 Å². The van der Waals surface area contributed by atoms with Crippen molar-refractivity contribution in [2.24, 2.45) is 5.73 Å². The van der Waals surface area contributed by atoms with Crippen LogP contribution < -0.4 is 5.73 Å². The number of amides is 2. The number of likely N-dealkylation sites (tertiary alicyclic amines) is 1. The number of hydrogen-bond donors (Lipinski definition) is 1. The van der Waals surface area contributed by atoms with E-state index in [4.69, 9.17) is 5.73 Å². The Balaban J connectivity index is 1.93. The molecular formula is C17H17FN4O2. The molecule has 24 heavy (non-hydrogen) atoms. The van der Waals surface area contributed by atoms with Gasteiger partial charge >= 0.3 is 0 Å². The van der Waals surface area contributed by atoms with Crippen molar-refractivity contribution in [2.75, 3.05) is 6.54 Å². The quantitative estimate of drug-likeness (QED) is 0.912. The van der Waals surface area contributed by atoms with Gasteiger partial charge in [0.05, 0.1) is 18.3 Å². The molecule has 1 saturated heterocycles. The molecular weight excluding hydrogens is 311 g/mol. The first-order valence-corrected chi connectivity index (χ1v) is 7.65. The van der Waals surface area contributed by atoms with E-state index < -0.39 is 17.3 Å². The fourth-order valence-electron chi connectivity index (χ4n) is 3.23. The van der Waals surface area contributed by atoms with Gasteiger partial charge in [-0.25, -0.2) is 4.39 Å². The Bertz CT molecular complexity index is 768. The summed E-state index contributed by atoms with van der Waals surface area (Å²) in [4.78, 5) is 34.6. The number of primary amides is 1. The number of carbonyl (C=O) groups excluding carboxylic acids is 2. The van der Waals surface area contributed by atoms with Gasteiger partial charge in [-0.05, 0) is 30.5 Å². The van der Waals surface area contributed by atoms with Crippen molar-refractivity contribution in [1.82, 2.24) is 14.9 Å². The maximum absolute atomic E-state index is 13.3. The molecule has 1 aliphatic rings. The lowest BCUT2D eigenvalue weighted by Crippen LogP contribution is -2.54. The Morgan fingerprint density at radius 3 is 2.83 bits per heavy atom. The van der Waals surface area contributed by atoms with Crippen LogP contribution in [0, 0.1) is 5.82 Å². The molecule has 0 spiro atoms. The van der Waals surface area contributed by atoms with E-state index >= 15 is 0 Å². The standard InChI is InChI=1S/C17H17FN4O2/c18-13-4-1-3-12(9-13)10-15(23)22-8-2-5-17(22,16(19)24)14-11-20-6-7-21-14/h1,3-4,6-7,9,11H,2,5,8,10H2,(H2,19,24). The van der Waals surface area contributed by atoms with E-state index in [1.54, 1.807) is 12.1 Å². The molecule has 3 rings (SSSR count). The summed E-state index contributed by atoms with van der Waals surface area (Å²) in [5.74, 6) is -1.33. The van der Waals surface area contributed by atoms with Crippen molar-refractivity contribution >= 4 is 11.8 Å². The molecule has 1 atom stereocenters. The average molecular weight is 328 g/mol. The molecule has 1 unspecified atom stereocenters. The first-order chi connectivity index (χ1) is 11.5. The van der Waals surface area contributed by atoms with Crippen molar-refractivity contribution in [2.45, 2.75) is 24.8 Å². The van der Waals surface area contributed by atoms with E-state index in [1.807, 2.05) is 0 Å². The lowest BCUT2D eigenvalue weighted by atomic mass is 9.90. The van der Waals surface area contributed by atoms with Crippen LogP contribution in [0.4, 0.5) is 4.39 Å². The normalized spacial score (nSPS) is 20.1. The highest BCUT2D eigenvalue weighted by Crippen LogP contribution is 2.38. The summed E-state index contributed by atoms with van der Waals surface area (Å²) >= 11 is 0. The maximum Gasteiger partial charge on any atom is 0.249 e. The van der Waals surface area contributed by atoms with Crippen LogP contribution in [0.25, 0.3) is 0 Å². The molecule has 0 bridgehead atoms. The van der Waals surface area contributed by atoms with Gasteiger partial charge in [-0.3, -0.25) is 19.6 Å². The molecule has 0 radical (unpaired) electrons. The number of nitrogens with zero attached hydrogens (tertiary/aromatic N) is 3. The van der Waals surface area contributed by atoms with Crippen molar-refractivity contribution in [3.8, 4) is 0 Å². The van der Waals surface area contributed by atoms with E-state index in [2.05, 4.69) is 9.97 Å². The van der Waals surface area contributed by atoms with Gasteiger partial charge in [0, 0.05) is 18.9 Å². The smallest absolute Gasteiger partial charge is 0.249 e. The highest BCUT2D eigenvalue weighted by Gasteiger charge is 2.51. The van der Waals surface area contributed by atoms with Crippen molar-refractivity contribution in [1.29, 1.82) is 0 Å². The average Bonchev–Trinajstić information content (AvgIpc) is 3.02. The van der Waals surface area contributed by atoms with E-state index in [0.29, 0.717) is 30.6 Å². The van der Waals surface area contributed by atoms with Gasteiger partial charge in [0.25, 0.3) is 0 Å². The molecule has 0 aliphatic carbocycles. The molecule has 0 saturated carbocycles. The van der Waals surface area contributed by atoms with E-state index in [0.717, 1.165) is 0 Å². The molecule has 2 aromatic rings. The minimum absolute atomic E-state index is 0.00689. The number of rotatable bonds is 4. The summed E-state index contributed by atoms with van der Waals surface area (Å²) in [5, 5.41) is 0. The highest BCUT2D eigenvalue weighted by atomic mass is 19.1. The van der Waals surface area contributed by atoms with E-state index in [1.165, 1.54) is 35.6 Å². The molecule has 6 nitrogen and oxygen atoms in total. The minimum Gasteiger partial charge on any atom is -0.367 e. The van der Waals surface area contributed by atoms with Crippen LogP contribution in [0.5, 0.6) is 0 Å². The summed E-state index contributed by atoms with van der Waals surface area (Å²) < 4.78 is 13.3. The predicted octanol–water partition coefficient (Wildman–Crippen LogP) is 1.16. The number of carbonyl (C=O) groups is 2. The Labute approximate surface area is 138 Å².